The number of carbonyl (C=O) groups excluding carboxylic acids is 3. The van der Waals surface area contributed by atoms with Crippen LogP contribution in [0.15, 0.2) is 30.3 Å². The van der Waals surface area contributed by atoms with Gasteiger partial charge in [-0.15, -0.1) is 11.8 Å². The summed E-state index contributed by atoms with van der Waals surface area (Å²) in [5.41, 5.74) is 0.988. The number of hydrogen-bond donors (Lipinski definition) is 3. The van der Waals surface area contributed by atoms with Crippen LogP contribution in [0.25, 0.3) is 0 Å². The molecule has 4 heterocycles. The van der Waals surface area contributed by atoms with E-state index < -0.39 is 28.7 Å². The van der Waals surface area contributed by atoms with Crippen molar-refractivity contribution in [3.05, 3.63) is 35.9 Å². The number of nitrogens with zero attached hydrogens (tertiary/aromatic N) is 2. The molecule has 4 aliphatic heterocycles. The fourth-order valence-electron chi connectivity index (χ4n) is 6.39. The molecule has 0 aliphatic carbocycles. The quantitative estimate of drug-likeness (QED) is 0.359. The predicted octanol–water partition coefficient (Wildman–Crippen LogP) is 0.597. The van der Waals surface area contributed by atoms with Crippen LogP contribution >= 0.6 is 27.7 Å². The first-order chi connectivity index (χ1) is 17.9. The van der Waals surface area contributed by atoms with Gasteiger partial charge in [-0.2, -0.15) is 0 Å². The molecule has 0 aromatic heterocycles. The first-order valence-electron chi connectivity index (χ1n) is 13.0. The first kappa shape index (κ1) is 26.9. The number of hydrogen-bond acceptors (Lipinski definition) is 7. The zero-order valence-corrected chi connectivity index (χ0v) is 23.4. The summed E-state index contributed by atoms with van der Waals surface area (Å²) in [5.74, 6) is -1.71. The van der Waals surface area contributed by atoms with Crippen molar-refractivity contribution in [2.75, 3.05) is 46.0 Å². The number of likely N-dealkylation sites (tertiary alicyclic amines) is 1. The number of carbonyl (C=O) groups is 3. The van der Waals surface area contributed by atoms with Crippen LogP contribution < -0.4 is 10.6 Å². The molecule has 37 heavy (non-hydrogen) atoms. The van der Waals surface area contributed by atoms with Gasteiger partial charge in [-0.25, -0.2) is 0 Å². The van der Waals surface area contributed by atoms with Crippen molar-refractivity contribution in [2.45, 2.75) is 46.8 Å². The fraction of sp³-hybridized carbons (Fsp3) is 0.654. The number of amides is 3. The molecular formula is C26H35BrN4O5S. The molecule has 1 spiro atoms. The zero-order valence-electron chi connectivity index (χ0n) is 21.0. The van der Waals surface area contributed by atoms with E-state index in [9.17, 15) is 19.5 Å². The van der Waals surface area contributed by atoms with Crippen LogP contribution in [0.1, 0.15) is 18.9 Å². The van der Waals surface area contributed by atoms with Gasteiger partial charge in [0.15, 0.2) is 0 Å². The molecule has 3 unspecified atom stereocenters. The number of benzene rings is 1. The lowest BCUT2D eigenvalue weighted by atomic mass is 9.70. The minimum atomic E-state index is -0.737. The van der Waals surface area contributed by atoms with E-state index in [1.54, 1.807) is 23.6 Å². The molecule has 9 nitrogen and oxygen atoms in total. The normalized spacial score (nSPS) is 33.9. The third-order valence-electron chi connectivity index (χ3n) is 8.16. The van der Waals surface area contributed by atoms with Gasteiger partial charge in [-0.1, -0.05) is 46.3 Å². The highest BCUT2D eigenvalue weighted by atomic mass is 79.9. The smallest absolute Gasteiger partial charge is 0.244 e. The van der Waals surface area contributed by atoms with Crippen molar-refractivity contribution in [1.29, 1.82) is 0 Å². The summed E-state index contributed by atoms with van der Waals surface area (Å²) in [6.07, 6.45) is 0.622. The Balaban J connectivity index is 1.35. The van der Waals surface area contributed by atoms with Crippen molar-refractivity contribution in [3.8, 4) is 0 Å². The topological polar surface area (TPSA) is 111 Å². The van der Waals surface area contributed by atoms with Gasteiger partial charge in [-0.3, -0.25) is 19.3 Å². The highest BCUT2D eigenvalue weighted by Crippen LogP contribution is 2.67. The third kappa shape index (κ3) is 4.93. The molecule has 1 aromatic carbocycles. The van der Waals surface area contributed by atoms with Gasteiger partial charge in [0, 0.05) is 42.8 Å². The summed E-state index contributed by atoms with van der Waals surface area (Å²) in [7, 11) is 0. The molecule has 5 rings (SSSR count). The summed E-state index contributed by atoms with van der Waals surface area (Å²) in [5, 5.41) is 16.0. The number of alkyl halides is 1. The maximum Gasteiger partial charge on any atom is 0.244 e. The Hall–Kier alpha value is -1.66. The second-order valence-corrected chi connectivity index (χ2v) is 13.1. The van der Waals surface area contributed by atoms with E-state index in [1.165, 1.54) is 0 Å². The Bertz CT molecular complexity index is 1010. The number of thioether (sulfide) groups is 1. The van der Waals surface area contributed by atoms with Gasteiger partial charge < -0.3 is 25.4 Å². The summed E-state index contributed by atoms with van der Waals surface area (Å²) in [6.45, 7) is 6.13. The average Bonchev–Trinajstić information content (AvgIpc) is 3.51. The van der Waals surface area contributed by atoms with E-state index in [-0.39, 0.29) is 34.4 Å². The zero-order chi connectivity index (χ0) is 26.2. The van der Waals surface area contributed by atoms with Crippen molar-refractivity contribution in [3.63, 3.8) is 0 Å². The van der Waals surface area contributed by atoms with Crippen molar-refractivity contribution >= 4 is 45.4 Å². The van der Waals surface area contributed by atoms with Crippen LogP contribution in [0.4, 0.5) is 0 Å². The number of aliphatic hydroxyl groups is 1. The molecule has 7 atom stereocenters. The standard InChI is InChI=1S/C26H35BrN4O5S/c1-16(15-32)31-22(24(34)28-7-8-30-9-11-36-12-10-30)26-13-18(27)21(37-26)19(20(26)25(31)35)23(33)29-14-17-5-3-2-4-6-17/h2-6,16,18-22,32H,7-15H2,1H3,(H,28,34)(H,29,33)/t16-,18?,19-,20+,21-,22?,26?/m1/s1. The summed E-state index contributed by atoms with van der Waals surface area (Å²) in [4.78, 5) is 45.0. The highest BCUT2D eigenvalue weighted by molar-refractivity contribution is 9.09. The Morgan fingerprint density at radius 3 is 2.65 bits per heavy atom. The number of rotatable bonds is 9. The van der Waals surface area contributed by atoms with Crippen LogP contribution in [0.2, 0.25) is 0 Å². The van der Waals surface area contributed by atoms with E-state index in [1.807, 2.05) is 30.3 Å². The number of fused-ring (bicyclic) bond motifs is 1. The minimum absolute atomic E-state index is 0.0158. The number of morpholine rings is 1. The van der Waals surface area contributed by atoms with Crippen molar-refractivity contribution in [1.82, 2.24) is 20.4 Å². The fourth-order valence-corrected chi connectivity index (χ4v) is 9.99. The third-order valence-corrected chi connectivity index (χ3v) is 11.4. The lowest BCUT2D eigenvalue weighted by Gasteiger charge is -2.36. The largest absolute Gasteiger partial charge is 0.394 e. The summed E-state index contributed by atoms with van der Waals surface area (Å²) < 4.78 is 4.69. The van der Waals surface area contributed by atoms with Crippen LogP contribution in [-0.2, 0) is 25.7 Å². The maximum absolute atomic E-state index is 13.9. The second-order valence-electron chi connectivity index (χ2n) is 10.4. The van der Waals surface area contributed by atoms with Crippen molar-refractivity contribution < 1.29 is 24.2 Å². The molecule has 3 amide bonds. The van der Waals surface area contributed by atoms with Crippen LogP contribution in [0.3, 0.4) is 0 Å². The maximum atomic E-state index is 13.9. The summed E-state index contributed by atoms with van der Waals surface area (Å²) >= 11 is 5.39. The predicted molar refractivity (Wildman–Crippen MR) is 144 cm³/mol. The molecule has 4 fully saturated rings. The molecule has 11 heteroatoms. The molecule has 202 valence electrons. The van der Waals surface area contributed by atoms with Crippen LogP contribution in [0, 0.1) is 11.8 Å². The molecule has 3 N–H and O–H groups in total. The molecule has 4 saturated heterocycles. The Morgan fingerprint density at radius 2 is 1.95 bits per heavy atom. The van der Waals surface area contributed by atoms with Gasteiger partial charge in [0.2, 0.25) is 17.7 Å². The number of ether oxygens (including phenoxy) is 1. The van der Waals surface area contributed by atoms with Gasteiger partial charge in [0.25, 0.3) is 0 Å². The molecule has 4 aliphatic rings. The number of halogens is 1. The van der Waals surface area contributed by atoms with Gasteiger partial charge in [0.1, 0.15) is 6.04 Å². The molecule has 2 bridgehead atoms. The Kier molecular flexibility index (Phi) is 8.16. The number of nitrogens with one attached hydrogen (secondary N) is 2. The van der Waals surface area contributed by atoms with E-state index in [0.29, 0.717) is 39.3 Å². The SMILES string of the molecule is C[C@H](CO)N1C(=O)[C@@H]2[C@@H](C(=O)NCc3ccccc3)[C@@H]3SC2(CC3Br)C1C(=O)NCCN1CCOCC1. The van der Waals surface area contributed by atoms with E-state index in [0.717, 1.165) is 18.7 Å². The first-order valence-corrected chi connectivity index (χ1v) is 14.8. The molecule has 0 saturated carbocycles. The highest BCUT2D eigenvalue weighted by Gasteiger charge is 2.75. The second kappa shape index (κ2) is 11.2. The van der Waals surface area contributed by atoms with Crippen LogP contribution in [-0.4, -0.2) is 106 Å². The van der Waals surface area contributed by atoms with Gasteiger partial charge in [-0.05, 0) is 18.9 Å². The van der Waals surface area contributed by atoms with E-state index >= 15 is 0 Å². The lowest BCUT2D eigenvalue weighted by Crippen LogP contribution is -2.57. The number of aliphatic hydroxyl groups excluding tert-OH is 1. The van der Waals surface area contributed by atoms with E-state index in [2.05, 4.69) is 31.5 Å². The minimum Gasteiger partial charge on any atom is -0.394 e. The molecule has 0 radical (unpaired) electrons. The van der Waals surface area contributed by atoms with E-state index in [4.69, 9.17) is 4.74 Å². The Morgan fingerprint density at radius 1 is 1.22 bits per heavy atom. The lowest BCUT2D eigenvalue weighted by molar-refractivity contribution is -0.142. The monoisotopic (exact) mass is 594 g/mol. The molecular weight excluding hydrogens is 560 g/mol. The summed E-state index contributed by atoms with van der Waals surface area (Å²) in [6, 6.07) is 8.42. The molecule has 1 aromatic rings. The van der Waals surface area contributed by atoms with Gasteiger partial charge >= 0.3 is 0 Å². The average molecular weight is 596 g/mol. The van der Waals surface area contributed by atoms with Crippen molar-refractivity contribution in [2.24, 2.45) is 11.8 Å². The van der Waals surface area contributed by atoms with Crippen LogP contribution in [0.5, 0.6) is 0 Å². The Labute approximate surface area is 230 Å². The van der Waals surface area contributed by atoms with Gasteiger partial charge in [0.05, 0.1) is 42.4 Å².